The Kier molecular flexibility index (Phi) is 5.85. The lowest BCUT2D eigenvalue weighted by atomic mass is 9.76. The minimum absolute atomic E-state index is 0.0198. The molecule has 3 aromatic rings. The van der Waals surface area contributed by atoms with Gasteiger partial charge in [-0.05, 0) is 44.7 Å². The van der Waals surface area contributed by atoms with Crippen molar-refractivity contribution in [3.05, 3.63) is 63.9 Å². The van der Waals surface area contributed by atoms with E-state index in [9.17, 15) is 9.59 Å². The molecular weight excluding hydrogens is 412 g/mol. The van der Waals surface area contributed by atoms with Crippen LogP contribution in [0.15, 0.2) is 35.5 Å². The largest absolute Gasteiger partial charge is 0.483 e. The second kappa shape index (κ2) is 8.74. The van der Waals surface area contributed by atoms with Crippen molar-refractivity contribution < 1.29 is 14.7 Å². The van der Waals surface area contributed by atoms with Crippen LogP contribution in [0, 0.1) is 6.92 Å². The van der Waals surface area contributed by atoms with Crippen LogP contribution in [-0.4, -0.2) is 60.4 Å². The van der Waals surface area contributed by atoms with E-state index >= 15 is 0 Å². The number of carbonyl (C=O) groups excluding carboxylic acids is 1. The molecule has 0 atom stereocenters. The van der Waals surface area contributed by atoms with E-state index in [1.807, 2.05) is 24.0 Å². The number of imidazole rings is 1. The first kappa shape index (κ1) is 21.4. The Morgan fingerprint density at radius 2 is 1.97 bits per heavy atom. The van der Waals surface area contributed by atoms with Crippen molar-refractivity contribution in [1.82, 2.24) is 29.8 Å². The summed E-state index contributed by atoms with van der Waals surface area (Å²) in [6.45, 7) is 2.88. The molecule has 1 aliphatic carbocycles. The van der Waals surface area contributed by atoms with Gasteiger partial charge in [-0.15, -0.1) is 0 Å². The van der Waals surface area contributed by atoms with Gasteiger partial charge in [0.25, 0.3) is 17.9 Å². The quantitative estimate of drug-likeness (QED) is 0.518. The number of rotatable bonds is 2. The fraction of sp³-hybridized carbons (Fsp3) is 0.364. The number of amides is 1. The topological polar surface area (TPSA) is 145 Å². The van der Waals surface area contributed by atoms with Crippen molar-refractivity contribution in [2.24, 2.45) is 0 Å². The number of hydrogen-bond donors (Lipinski definition) is 3. The van der Waals surface area contributed by atoms with Crippen molar-refractivity contribution in [2.75, 3.05) is 13.1 Å². The molecule has 4 heterocycles. The standard InChI is InChI=1S/C21H22N6O2.CH2O2/c1-13-23-12-16(24-13)20(29)27-9-6-21(7-10-27)5-4-15-17(21)25-18(26-19(15)28)14-3-2-8-22-11-14;2-1-3/h2-3,8,11-12H,4-7,9-10H2,1H3,(H,23,24)(H,25,26,28);1H,(H,2,3). The van der Waals surface area contributed by atoms with Crippen LogP contribution in [-0.2, 0) is 16.6 Å². The average Bonchev–Trinajstić information content (AvgIpc) is 3.40. The van der Waals surface area contributed by atoms with Crippen molar-refractivity contribution in [3.63, 3.8) is 0 Å². The van der Waals surface area contributed by atoms with Crippen LogP contribution in [0.4, 0.5) is 0 Å². The molecule has 0 unspecified atom stereocenters. The molecule has 166 valence electrons. The van der Waals surface area contributed by atoms with Crippen molar-refractivity contribution in [2.45, 2.75) is 38.0 Å². The number of H-pyrrole nitrogens is 2. The number of hydrogen-bond acceptors (Lipinski definition) is 6. The summed E-state index contributed by atoms with van der Waals surface area (Å²) in [5.74, 6) is 1.28. The summed E-state index contributed by atoms with van der Waals surface area (Å²) in [4.78, 5) is 54.7. The maximum atomic E-state index is 12.7. The summed E-state index contributed by atoms with van der Waals surface area (Å²) >= 11 is 0. The third-order valence-electron chi connectivity index (χ3n) is 6.25. The van der Waals surface area contributed by atoms with Gasteiger partial charge in [0.15, 0.2) is 0 Å². The molecule has 0 bridgehead atoms. The Bertz CT molecular complexity index is 1180. The summed E-state index contributed by atoms with van der Waals surface area (Å²) in [6.07, 6.45) is 8.25. The SMILES string of the molecule is Cc1ncc(C(=O)N2CCC3(CCc4c3nc(-c3cccnc3)[nH]c4=O)CC2)[nH]1.O=CO. The zero-order valence-electron chi connectivity index (χ0n) is 17.7. The number of aryl methyl sites for hydroxylation is 1. The predicted molar refractivity (Wildman–Crippen MR) is 115 cm³/mol. The first-order chi connectivity index (χ1) is 15.5. The van der Waals surface area contributed by atoms with Gasteiger partial charge in [0, 0.05) is 42.0 Å². The Labute approximate surface area is 183 Å². The molecule has 1 aliphatic heterocycles. The molecule has 10 nitrogen and oxygen atoms in total. The van der Waals surface area contributed by atoms with E-state index < -0.39 is 0 Å². The van der Waals surface area contributed by atoms with E-state index in [0.717, 1.165) is 48.3 Å². The summed E-state index contributed by atoms with van der Waals surface area (Å²) in [6, 6.07) is 3.73. The molecule has 5 rings (SSSR count). The molecule has 2 aliphatic rings. The summed E-state index contributed by atoms with van der Waals surface area (Å²) in [5, 5.41) is 6.89. The molecule has 3 N–H and O–H groups in total. The van der Waals surface area contributed by atoms with Gasteiger partial charge in [-0.3, -0.25) is 19.4 Å². The van der Waals surface area contributed by atoms with Gasteiger partial charge in [0.05, 0.1) is 11.9 Å². The number of nitrogens with zero attached hydrogens (tertiary/aromatic N) is 4. The highest BCUT2D eigenvalue weighted by Crippen LogP contribution is 2.44. The van der Waals surface area contributed by atoms with Gasteiger partial charge < -0.3 is 20.0 Å². The number of nitrogens with one attached hydrogen (secondary N) is 2. The molecule has 0 aromatic carbocycles. The minimum atomic E-state index is -0.250. The first-order valence-electron chi connectivity index (χ1n) is 10.4. The fourth-order valence-electron chi connectivity index (χ4n) is 4.62. The minimum Gasteiger partial charge on any atom is -0.483 e. The Morgan fingerprint density at radius 1 is 1.22 bits per heavy atom. The highest BCUT2D eigenvalue weighted by Gasteiger charge is 2.44. The molecule has 32 heavy (non-hydrogen) atoms. The molecule has 1 spiro atoms. The molecule has 10 heteroatoms. The highest BCUT2D eigenvalue weighted by molar-refractivity contribution is 5.92. The predicted octanol–water partition coefficient (Wildman–Crippen LogP) is 1.68. The normalized spacial score (nSPS) is 16.2. The Balaban J connectivity index is 0.000000775. The average molecular weight is 436 g/mol. The van der Waals surface area contributed by atoms with E-state index in [2.05, 4.69) is 19.9 Å². The molecular formula is C22H24N6O4. The summed E-state index contributed by atoms with van der Waals surface area (Å²) in [5.41, 5.74) is 2.83. The van der Waals surface area contributed by atoms with E-state index in [-0.39, 0.29) is 23.4 Å². The molecule has 1 fully saturated rings. The summed E-state index contributed by atoms with van der Waals surface area (Å²) < 4.78 is 0. The van der Waals surface area contributed by atoms with E-state index in [0.29, 0.717) is 24.6 Å². The lowest BCUT2D eigenvalue weighted by molar-refractivity contribution is -0.122. The first-order valence-corrected chi connectivity index (χ1v) is 10.4. The van der Waals surface area contributed by atoms with Crippen LogP contribution in [0.25, 0.3) is 11.4 Å². The number of likely N-dealkylation sites (tertiary alicyclic amines) is 1. The zero-order chi connectivity index (χ0) is 22.7. The second-order valence-corrected chi connectivity index (χ2v) is 8.04. The van der Waals surface area contributed by atoms with Gasteiger partial charge >= 0.3 is 0 Å². The van der Waals surface area contributed by atoms with Gasteiger partial charge in [0.2, 0.25) is 0 Å². The van der Waals surface area contributed by atoms with Crippen LogP contribution in [0.1, 0.15) is 46.8 Å². The van der Waals surface area contributed by atoms with Crippen LogP contribution in [0.2, 0.25) is 0 Å². The van der Waals surface area contributed by atoms with Gasteiger partial charge in [-0.1, -0.05) is 0 Å². The Morgan fingerprint density at radius 3 is 2.59 bits per heavy atom. The van der Waals surface area contributed by atoms with Gasteiger partial charge in [-0.2, -0.15) is 0 Å². The molecule has 0 radical (unpaired) electrons. The lowest BCUT2D eigenvalue weighted by Crippen LogP contribution is -2.45. The highest BCUT2D eigenvalue weighted by atomic mass is 16.3. The monoisotopic (exact) mass is 436 g/mol. The summed E-state index contributed by atoms with van der Waals surface area (Å²) in [7, 11) is 0. The maximum absolute atomic E-state index is 12.7. The van der Waals surface area contributed by atoms with Crippen molar-refractivity contribution in [1.29, 1.82) is 0 Å². The van der Waals surface area contributed by atoms with Gasteiger partial charge in [-0.25, -0.2) is 9.97 Å². The van der Waals surface area contributed by atoms with E-state index in [4.69, 9.17) is 14.9 Å². The van der Waals surface area contributed by atoms with Gasteiger partial charge in [0.1, 0.15) is 17.3 Å². The van der Waals surface area contributed by atoms with E-state index in [1.54, 1.807) is 18.6 Å². The molecule has 3 aromatic heterocycles. The van der Waals surface area contributed by atoms with Crippen LogP contribution >= 0.6 is 0 Å². The third kappa shape index (κ3) is 3.91. The zero-order valence-corrected chi connectivity index (χ0v) is 17.7. The number of piperidine rings is 1. The molecule has 1 saturated heterocycles. The number of carboxylic acid groups (broad SMARTS) is 1. The molecule has 0 saturated carbocycles. The van der Waals surface area contributed by atoms with Crippen LogP contribution in [0.3, 0.4) is 0 Å². The molecule has 1 amide bonds. The Hall–Kier alpha value is -3.82. The number of carbonyl (C=O) groups is 2. The van der Waals surface area contributed by atoms with E-state index in [1.165, 1.54) is 0 Å². The number of pyridine rings is 1. The third-order valence-corrected chi connectivity index (χ3v) is 6.25. The van der Waals surface area contributed by atoms with Crippen molar-refractivity contribution in [3.8, 4) is 11.4 Å². The number of aromatic amines is 2. The van der Waals surface area contributed by atoms with Crippen LogP contribution < -0.4 is 5.56 Å². The van der Waals surface area contributed by atoms with Crippen molar-refractivity contribution >= 4 is 12.4 Å². The fourth-order valence-corrected chi connectivity index (χ4v) is 4.62. The van der Waals surface area contributed by atoms with Crippen LogP contribution in [0.5, 0.6) is 0 Å². The lowest BCUT2D eigenvalue weighted by Gasteiger charge is -2.39. The smallest absolute Gasteiger partial charge is 0.290 e. The number of fused-ring (bicyclic) bond motifs is 2. The second-order valence-electron chi connectivity index (χ2n) is 8.04. The number of aromatic nitrogens is 5. The maximum Gasteiger partial charge on any atom is 0.290 e.